The number of hydrogen-bond acceptors (Lipinski definition) is 7. The van der Waals surface area contributed by atoms with Crippen LogP contribution < -0.4 is 15.9 Å². The Labute approximate surface area is 137 Å². The molecule has 0 radical (unpaired) electrons. The van der Waals surface area contributed by atoms with Gasteiger partial charge in [-0.2, -0.15) is 0 Å². The fourth-order valence-electron chi connectivity index (χ4n) is 2.88. The van der Waals surface area contributed by atoms with Crippen LogP contribution in [0.5, 0.6) is 0 Å². The number of esters is 1. The number of aromatic nitrogens is 3. The number of carbonyl (C=O) groups is 3. The molecule has 0 spiro atoms. The van der Waals surface area contributed by atoms with Gasteiger partial charge in [-0.1, -0.05) is 6.42 Å². The van der Waals surface area contributed by atoms with Gasteiger partial charge in [-0.3, -0.25) is 14.5 Å². The summed E-state index contributed by atoms with van der Waals surface area (Å²) >= 11 is 0. The van der Waals surface area contributed by atoms with E-state index in [0.29, 0.717) is 42.1 Å². The Morgan fingerprint density at radius 1 is 1.33 bits per heavy atom. The molecular formula is C15H17N5O4. The molecule has 0 aromatic carbocycles. The average molecular weight is 331 g/mol. The van der Waals surface area contributed by atoms with E-state index < -0.39 is 6.04 Å². The minimum atomic E-state index is -0.689. The molecule has 2 heterocycles. The number of carbonyl (C=O) groups excluding carboxylic acids is 3. The Hall–Kier alpha value is -2.84. The highest BCUT2D eigenvalue weighted by atomic mass is 16.5. The maximum Gasteiger partial charge on any atom is 0.322 e. The maximum absolute atomic E-state index is 12.2. The van der Waals surface area contributed by atoms with Crippen molar-refractivity contribution in [2.45, 2.75) is 31.7 Å². The van der Waals surface area contributed by atoms with Gasteiger partial charge in [0.25, 0.3) is 0 Å². The number of ether oxygens (including phenoxy) is 1. The lowest BCUT2D eigenvalue weighted by Crippen LogP contribution is -2.45. The van der Waals surface area contributed by atoms with Gasteiger partial charge in [0.2, 0.25) is 0 Å². The largest absolute Gasteiger partial charge is 0.469 e. The van der Waals surface area contributed by atoms with Gasteiger partial charge in [-0.15, -0.1) is 10.2 Å². The van der Waals surface area contributed by atoms with Crippen molar-refractivity contribution in [2.75, 3.05) is 13.7 Å². The van der Waals surface area contributed by atoms with Gasteiger partial charge >= 0.3 is 12.0 Å². The number of fused-ring (bicyclic) bond motifs is 2. The SMILES string of the molecule is COC(=O)CCCCCN1C(=O)NC2C(=O)C=c3nnncc3=C21. The van der Waals surface area contributed by atoms with Crippen molar-refractivity contribution in [3.05, 3.63) is 16.8 Å². The lowest BCUT2D eigenvalue weighted by molar-refractivity contribution is -0.140. The summed E-state index contributed by atoms with van der Waals surface area (Å²) in [5.74, 6) is -0.463. The van der Waals surface area contributed by atoms with Crippen LogP contribution in [0.25, 0.3) is 11.8 Å². The number of rotatable bonds is 6. The number of hydrogen-bond donors (Lipinski definition) is 1. The minimum Gasteiger partial charge on any atom is -0.469 e. The number of nitrogens with one attached hydrogen (secondary N) is 1. The first-order valence-corrected chi connectivity index (χ1v) is 7.71. The van der Waals surface area contributed by atoms with Crippen molar-refractivity contribution >= 4 is 29.6 Å². The van der Waals surface area contributed by atoms with Gasteiger partial charge in [0.15, 0.2) is 5.78 Å². The van der Waals surface area contributed by atoms with Crippen LogP contribution in [0.2, 0.25) is 0 Å². The predicted molar refractivity (Wildman–Crippen MR) is 81.5 cm³/mol. The van der Waals surface area contributed by atoms with Crippen LogP contribution >= 0.6 is 0 Å². The second-order valence-corrected chi connectivity index (χ2v) is 5.59. The summed E-state index contributed by atoms with van der Waals surface area (Å²) in [6.45, 7) is 0.452. The molecule has 1 aromatic heterocycles. The van der Waals surface area contributed by atoms with Crippen LogP contribution in [0.1, 0.15) is 25.7 Å². The van der Waals surface area contributed by atoms with E-state index in [1.54, 1.807) is 4.90 Å². The first kappa shape index (κ1) is 16.0. The smallest absolute Gasteiger partial charge is 0.322 e. The van der Waals surface area contributed by atoms with E-state index in [9.17, 15) is 14.4 Å². The van der Waals surface area contributed by atoms with E-state index in [1.165, 1.54) is 19.4 Å². The summed E-state index contributed by atoms with van der Waals surface area (Å²) in [4.78, 5) is 37.0. The number of methoxy groups -OCH3 is 1. The Kier molecular flexibility index (Phi) is 4.50. The molecule has 1 aliphatic heterocycles. The van der Waals surface area contributed by atoms with Gasteiger partial charge in [-0.25, -0.2) is 4.79 Å². The third-order valence-electron chi connectivity index (χ3n) is 4.07. The third kappa shape index (κ3) is 2.97. The molecule has 126 valence electrons. The van der Waals surface area contributed by atoms with Crippen LogP contribution in [0.4, 0.5) is 4.79 Å². The normalized spacial score (nSPS) is 18.6. The molecule has 0 saturated carbocycles. The summed E-state index contributed by atoms with van der Waals surface area (Å²) in [7, 11) is 1.36. The summed E-state index contributed by atoms with van der Waals surface area (Å²) in [6, 6.07) is -1.000. The molecule has 0 bridgehead atoms. The highest BCUT2D eigenvalue weighted by molar-refractivity contribution is 6.18. The van der Waals surface area contributed by atoms with Gasteiger partial charge in [0.1, 0.15) is 11.4 Å². The van der Waals surface area contributed by atoms with Crippen LogP contribution in [0.15, 0.2) is 6.20 Å². The second-order valence-electron chi connectivity index (χ2n) is 5.59. The molecule has 1 fully saturated rings. The van der Waals surface area contributed by atoms with Gasteiger partial charge in [-0.05, 0) is 18.1 Å². The van der Waals surface area contributed by atoms with Crippen molar-refractivity contribution in [1.82, 2.24) is 25.6 Å². The highest BCUT2D eigenvalue weighted by Gasteiger charge is 2.39. The Bertz CT molecular complexity index is 806. The van der Waals surface area contributed by atoms with E-state index in [-0.39, 0.29) is 17.8 Å². The van der Waals surface area contributed by atoms with Gasteiger partial charge in [0, 0.05) is 24.3 Å². The number of nitrogens with zero attached hydrogens (tertiary/aromatic N) is 4. The Balaban J connectivity index is 1.75. The molecule has 1 atom stereocenters. The molecule has 1 N–H and O–H groups in total. The number of ketones is 1. The van der Waals surface area contributed by atoms with Crippen LogP contribution in [0, 0.1) is 0 Å². The number of amides is 2. The zero-order chi connectivity index (χ0) is 17.1. The van der Waals surface area contributed by atoms with Crippen molar-refractivity contribution in [3.63, 3.8) is 0 Å². The van der Waals surface area contributed by atoms with E-state index >= 15 is 0 Å². The zero-order valence-corrected chi connectivity index (χ0v) is 13.2. The molecule has 1 aromatic rings. The van der Waals surface area contributed by atoms with Crippen LogP contribution in [0.3, 0.4) is 0 Å². The molecule has 2 amide bonds. The molecule has 24 heavy (non-hydrogen) atoms. The van der Waals surface area contributed by atoms with Crippen molar-refractivity contribution in [2.24, 2.45) is 0 Å². The standard InChI is InChI=1S/C15H17N5O4/c1-24-12(22)5-3-2-4-6-20-14-9-8-16-19-18-10(9)7-11(21)13(14)17-15(20)23/h7-8,13H,2-6H2,1H3,(H,17,23). The third-order valence-corrected chi connectivity index (χ3v) is 4.07. The van der Waals surface area contributed by atoms with E-state index in [1.807, 2.05) is 0 Å². The average Bonchev–Trinajstić information content (AvgIpc) is 2.92. The molecule has 3 rings (SSSR count). The first-order chi connectivity index (χ1) is 11.6. The molecule has 1 unspecified atom stereocenters. The Morgan fingerprint density at radius 3 is 2.96 bits per heavy atom. The number of Topliss-reactive ketones (excluding diaryl/α,β-unsaturated/α-hetero) is 1. The minimum absolute atomic E-state index is 0.223. The van der Waals surface area contributed by atoms with Crippen LogP contribution in [-0.2, 0) is 14.3 Å². The van der Waals surface area contributed by atoms with Crippen molar-refractivity contribution in [1.29, 1.82) is 0 Å². The van der Waals surface area contributed by atoms with Gasteiger partial charge in [0.05, 0.1) is 19.0 Å². The molecule has 2 aliphatic rings. The molecule has 9 heteroatoms. The fourth-order valence-corrected chi connectivity index (χ4v) is 2.88. The van der Waals surface area contributed by atoms with Crippen LogP contribution in [-0.4, -0.2) is 57.8 Å². The maximum atomic E-state index is 12.2. The van der Waals surface area contributed by atoms with Crippen molar-refractivity contribution in [3.8, 4) is 0 Å². The predicted octanol–water partition coefficient (Wildman–Crippen LogP) is -1.53. The summed E-state index contributed by atoms with van der Waals surface area (Å²) < 4.78 is 4.59. The van der Waals surface area contributed by atoms with E-state index in [0.717, 1.165) is 6.42 Å². The van der Waals surface area contributed by atoms with Crippen molar-refractivity contribution < 1.29 is 19.1 Å². The molecule has 1 aliphatic carbocycles. The molecular weight excluding hydrogens is 314 g/mol. The second kappa shape index (κ2) is 6.73. The summed E-state index contributed by atoms with van der Waals surface area (Å²) in [6.07, 6.45) is 5.42. The topological polar surface area (TPSA) is 114 Å². The highest BCUT2D eigenvalue weighted by Crippen LogP contribution is 2.21. The monoisotopic (exact) mass is 331 g/mol. The lowest BCUT2D eigenvalue weighted by atomic mass is 10.0. The van der Waals surface area contributed by atoms with E-state index in [2.05, 4.69) is 25.5 Å². The molecule has 9 nitrogen and oxygen atoms in total. The summed E-state index contributed by atoms with van der Waals surface area (Å²) in [5, 5.41) is 14.9. The first-order valence-electron chi connectivity index (χ1n) is 7.71. The Morgan fingerprint density at radius 2 is 2.17 bits per heavy atom. The number of unbranched alkanes of at least 4 members (excludes halogenated alkanes) is 2. The summed E-state index contributed by atoms with van der Waals surface area (Å²) in [5.41, 5.74) is 0.581. The quantitative estimate of drug-likeness (QED) is 0.497. The van der Waals surface area contributed by atoms with Gasteiger partial charge < -0.3 is 10.1 Å². The lowest BCUT2D eigenvalue weighted by Gasteiger charge is -2.19. The molecule has 1 saturated heterocycles. The zero-order valence-electron chi connectivity index (χ0n) is 13.2. The fraction of sp³-hybridized carbons (Fsp3) is 0.467. The number of urea groups is 1. The van der Waals surface area contributed by atoms with E-state index in [4.69, 9.17) is 0 Å².